The molecule has 0 radical (unpaired) electrons. The molecule has 0 aliphatic carbocycles. The molecule has 0 spiro atoms. The van der Waals surface area contributed by atoms with Crippen LogP contribution in [0.15, 0.2) is 48.5 Å². The molecule has 1 atom stereocenters. The summed E-state index contributed by atoms with van der Waals surface area (Å²) in [6.07, 6.45) is 0.163. The van der Waals surface area contributed by atoms with Crippen LogP contribution in [-0.4, -0.2) is 23.0 Å². The molecule has 0 saturated carbocycles. The number of rotatable bonds is 5. The molecule has 2 rings (SSSR count). The van der Waals surface area contributed by atoms with Gasteiger partial charge in [0.1, 0.15) is 11.1 Å². The standard InChI is InChI=1S/C21H23Cl2NO3/c1-20(2,3)27-19(26)21(4,13-15-10-11-16(22)12-17(15)23)24-18(25)14-8-6-5-7-9-14/h5-12H,13H2,1-4H3,(H,24,25)/t21-/m0/s1. The Labute approximate surface area is 169 Å². The molecule has 0 aliphatic heterocycles. The van der Waals surface area contributed by atoms with Gasteiger partial charge in [-0.3, -0.25) is 4.79 Å². The van der Waals surface area contributed by atoms with Crippen LogP contribution in [0.2, 0.25) is 10.0 Å². The molecule has 6 heteroatoms. The zero-order chi connectivity index (χ0) is 20.2. The summed E-state index contributed by atoms with van der Waals surface area (Å²) in [7, 11) is 0. The number of halogens is 2. The Hall–Kier alpha value is -2.04. The van der Waals surface area contributed by atoms with E-state index in [0.717, 1.165) is 0 Å². The molecule has 4 nitrogen and oxygen atoms in total. The quantitative estimate of drug-likeness (QED) is 0.704. The second-order valence-corrected chi connectivity index (χ2v) is 8.41. The van der Waals surface area contributed by atoms with E-state index in [9.17, 15) is 9.59 Å². The minimum absolute atomic E-state index is 0.163. The van der Waals surface area contributed by atoms with E-state index in [1.165, 1.54) is 0 Å². The maximum atomic E-state index is 12.9. The molecule has 0 unspecified atom stereocenters. The molecule has 27 heavy (non-hydrogen) atoms. The summed E-state index contributed by atoms with van der Waals surface area (Å²) in [5.74, 6) is -0.903. The minimum Gasteiger partial charge on any atom is -0.458 e. The van der Waals surface area contributed by atoms with Crippen LogP contribution in [0, 0.1) is 0 Å². The van der Waals surface area contributed by atoms with Crippen LogP contribution >= 0.6 is 23.2 Å². The number of esters is 1. The van der Waals surface area contributed by atoms with Crippen molar-refractivity contribution in [3.05, 3.63) is 69.7 Å². The Morgan fingerprint density at radius 1 is 1.00 bits per heavy atom. The van der Waals surface area contributed by atoms with Crippen molar-refractivity contribution in [2.75, 3.05) is 0 Å². The van der Waals surface area contributed by atoms with Gasteiger partial charge in [-0.25, -0.2) is 4.79 Å². The molecule has 2 aromatic carbocycles. The maximum Gasteiger partial charge on any atom is 0.332 e. The van der Waals surface area contributed by atoms with Gasteiger partial charge in [0, 0.05) is 22.0 Å². The van der Waals surface area contributed by atoms with Crippen molar-refractivity contribution in [3.8, 4) is 0 Å². The Bertz CT molecular complexity index is 831. The molecule has 0 fully saturated rings. The first-order valence-electron chi connectivity index (χ1n) is 8.55. The van der Waals surface area contributed by atoms with Crippen LogP contribution in [0.4, 0.5) is 0 Å². The van der Waals surface area contributed by atoms with Gasteiger partial charge in [-0.2, -0.15) is 0 Å². The fourth-order valence-electron chi connectivity index (χ4n) is 2.52. The number of hydrogen-bond donors (Lipinski definition) is 1. The van der Waals surface area contributed by atoms with E-state index >= 15 is 0 Å². The number of carbonyl (C=O) groups is 2. The Kier molecular flexibility index (Phi) is 6.55. The van der Waals surface area contributed by atoms with E-state index in [0.29, 0.717) is 21.2 Å². The average molecular weight is 408 g/mol. The SMILES string of the molecule is CC(C)(C)OC(=O)[C@](C)(Cc1ccc(Cl)cc1Cl)NC(=O)c1ccccc1. The van der Waals surface area contributed by atoms with Gasteiger partial charge in [0.25, 0.3) is 5.91 Å². The summed E-state index contributed by atoms with van der Waals surface area (Å²) in [4.78, 5) is 25.6. The van der Waals surface area contributed by atoms with Crippen molar-refractivity contribution >= 4 is 35.1 Å². The number of benzene rings is 2. The molecular formula is C21H23Cl2NO3. The third kappa shape index (κ3) is 5.98. The molecule has 0 saturated heterocycles. The topological polar surface area (TPSA) is 55.4 Å². The second-order valence-electron chi connectivity index (χ2n) is 7.57. The van der Waals surface area contributed by atoms with Crippen molar-refractivity contribution in [1.82, 2.24) is 5.32 Å². The highest BCUT2D eigenvalue weighted by Gasteiger charge is 2.39. The highest BCUT2D eigenvalue weighted by Crippen LogP contribution is 2.27. The molecule has 2 aromatic rings. The van der Waals surface area contributed by atoms with Crippen LogP contribution in [0.25, 0.3) is 0 Å². The molecule has 0 aromatic heterocycles. The largest absolute Gasteiger partial charge is 0.458 e. The van der Waals surface area contributed by atoms with Gasteiger partial charge < -0.3 is 10.1 Å². The van der Waals surface area contributed by atoms with Crippen molar-refractivity contribution < 1.29 is 14.3 Å². The van der Waals surface area contributed by atoms with Gasteiger partial charge in [0.05, 0.1) is 0 Å². The van der Waals surface area contributed by atoms with E-state index in [4.69, 9.17) is 27.9 Å². The summed E-state index contributed by atoms with van der Waals surface area (Å²) in [5.41, 5.74) is -0.866. The lowest BCUT2D eigenvalue weighted by Gasteiger charge is -2.32. The number of nitrogens with one attached hydrogen (secondary N) is 1. The molecule has 0 heterocycles. The fourth-order valence-corrected chi connectivity index (χ4v) is 2.99. The summed E-state index contributed by atoms with van der Waals surface area (Å²) in [6, 6.07) is 13.7. The summed E-state index contributed by atoms with van der Waals surface area (Å²) in [6.45, 7) is 6.96. The molecule has 1 N–H and O–H groups in total. The highest BCUT2D eigenvalue weighted by atomic mass is 35.5. The van der Waals surface area contributed by atoms with Gasteiger partial charge in [-0.1, -0.05) is 47.5 Å². The number of ether oxygens (including phenoxy) is 1. The van der Waals surface area contributed by atoms with Gasteiger partial charge in [-0.15, -0.1) is 0 Å². The van der Waals surface area contributed by atoms with Crippen LogP contribution in [-0.2, 0) is 16.0 Å². The first-order valence-corrected chi connectivity index (χ1v) is 9.31. The Morgan fingerprint density at radius 2 is 1.63 bits per heavy atom. The van der Waals surface area contributed by atoms with Gasteiger partial charge in [0.2, 0.25) is 0 Å². The van der Waals surface area contributed by atoms with Crippen molar-refractivity contribution in [3.63, 3.8) is 0 Å². The van der Waals surface area contributed by atoms with Crippen LogP contribution in [0.5, 0.6) is 0 Å². The second kappa shape index (κ2) is 8.32. The van der Waals surface area contributed by atoms with Gasteiger partial charge in [-0.05, 0) is 57.5 Å². The van der Waals surface area contributed by atoms with E-state index in [-0.39, 0.29) is 12.3 Å². The number of carbonyl (C=O) groups excluding carboxylic acids is 2. The predicted octanol–water partition coefficient (Wildman–Crippen LogP) is 5.07. The lowest BCUT2D eigenvalue weighted by molar-refractivity contribution is -0.162. The van der Waals surface area contributed by atoms with E-state index in [2.05, 4.69) is 5.32 Å². The first kappa shape index (κ1) is 21.3. The molecule has 0 bridgehead atoms. The van der Waals surface area contributed by atoms with Crippen molar-refractivity contribution in [2.24, 2.45) is 0 Å². The lowest BCUT2D eigenvalue weighted by Crippen LogP contribution is -2.56. The molecule has 144 valence electrons. The van der Waals surface area contributed by atoms with Crippen LogP contribution in [0.3, 0.4) is 0 Å². The third-order valence-corrected chi connectivity index (χ3v) is 4.42. The Balaban J connectivity index is 2.35. The first-order chi connectivity index (χ1) is 12.5. The zero-order valence-corrected chi connectivity index (χ0v) is 17.3. The number of amides is 1. The minimum atomic E-state index is -1.31. The summed E-state index contributed by atoms with van der Waals surface area (Å²) in [5, 5.41) is 3.74. The van der Waals surface area contributed by atoms with E-state index < -0.39 is 17.1 Å². The summed E-state index contributed by atoms with van der Waals surface area (Å²) < 4.78 is 5.55. The molecular weight excluding hydrogens is 385 g/mol. The van der Waals surface area contributed by atoms with E-state index in [1.807, 2.05) is 6.07 Å². The normalized spacial score (nSPS) is 13.6. The predicted molar refractivity (Wildman–Crippen MR) is 108 cm³/mol. The number of hydrogen-bond acceptors (Lipinski definition) is 3. The van der Waals surface area contributed by atoms with Gasteiger partial charge >= 0.3 is 5.97 Å². The monoisotopic (exact) mass is 407 g/mol. The molecule has 1 amide bonds. The van der Waals surface area contributed by atoms with Crippen LogP contribution < -0.4 is 5.32 Å². The molecule has 0 aliphatic rings. The highest BCUT2D eigenvalue weighted by molar-refractivity contribution is 6.35. The average Bonchev–Trinajstić information content (AvgIpc) is 2.56. The van der Waals surface area contributed by atoms with Gasteiger partial charge in [0.15, 0.2) is 0 Å². The summed E-state index contributed by atoms with van der Waals surface area (Å²) >= 11 is 12.2. The smallest absolute Gasteiger partial charge is 0.332 e. The van der Waals surface area contributed by atoms with E-state index in [1.54, 1.807) is 70.2 Å². The van der Waals surface area contributed by atoms with Crippen molar-refractivity contribution in [1.29, 1.82) is 0 Å². The van der Waals surface area contributed by atoms with Crippen molar-refractivity contribution in [2.45, 2.75) is 45.3 Å². The third-order valence-electron chi connectivity index (χ3n) is 3.83. The fraction of sp³-hybridized carbons (Fsp3) is 0.333. The van der Waals surface area contributed by atoms with Crippen LogP contribution in [0.1, 0.15) is 43.6 Å². The maximum absolute atomic E-state index is 12.9. The lowest BCUT2D eigenvalue weighted by atomic mass is 9.91. The zero-order valence-electron chi connectivity index (χ0n) is 15.8. The Morgan fingerprint density at radius 3 is 2.19 bits per heavy atom.